The van der Waals surface area contributed by atoms with Gasteiger partial charge in [0.1, 0.15) is 5.65 Å². The summed E-state index contributed by atoms with van der Waals surface area (Å²) in [4.78, 5) is 4.92. The number of hydrogen-bond acceptors (Lipinski definition) is 1. The van der Waals surface area contributed by atoms with Gasteiger partial charge in [-0.15, -0.1) is 0 Å². The van der Waals surface area contributed by atoms with Crippen LogP contribution in [0.5, 0.6) is 0 Å². The second kappa shape index (κ2) is 9.78. The van der Waals surface area contributed by atoms with Crippen molar-refractivity contribution in [3.63, 3.8) is 0 Å². The smallest absolute Gasteiger partial charge is 0.145 e. The molecule has 4 heteroatoms. The van der Waals surface area contributed by atoms with Crippen molar-refractivity contribution in [2.75, 3.05) is 0 Å². The van der Waals surface area contributed by atoms with E-state index < -0.39 is 0 Å². The molecule has 0 saturated carbocycles. The zero-order valence-corrected chi connectivity index (χ0v) is 28.5. The van der Waals surface area contributed by atoms with E-state index in [1.54, 1.807) is 0 Å². The van der Waals surface area contributed by atoms with E-state index in [2.05, 4.69) is 171 Å². The minimum atomic E-state index is 0.962. The fourth-order valence-electron chi connectivity index (χ4n) is 9.74. The molecule has 53 heavy (non-hydrogen) atoms. The van der Waals surface area contributed by atoms with Crippen molar-refractivity contribution in [3.8, 4) is 11.4 Å². The Morgan fingerprint density at radius 2 is 0.906 bits per heavy atom. The number of pyridine rings is 1. The number of para-hydroxylation sites is 3. The van der Waals surface area contributed by atoms with Crippen molar-refractivity contribution in [2.24, 2.45) is 0 Å². The highest BCUT2D eigenvalue weighted by Crippen LogP contribution is 2.49. The van der Waals surface area contributed by atoms with Crippen molar-refractivity contribution >= 4 is 103 Å². The lowest BCUT2D eigenvalue weighted by atomic mass is 9.97. The average molecular weight is 673 g/mol. The minimum Gasteiger partial charge on any atom is -0.308 e. The van der Waals surface area contributed by atoms with Gasteiger partial charge >= 0.3 is 0 Å². The molecule has 13 aromatic rings. The standard InChI is InChI=1S/C49H28N4/c1-2-15-32-29(12-1)25-26-40-44-43-39-21-10-20-35-33-16-5-8-24-42(33)53(46(35)39)48(43)37-19-4-3-18-36(37)47(44)52(45(32)40)31-14-9-13-30(28-31)51-41-23-7-6-17-34(41)38-22-11-27-50-49(38)51/h1-28H. The maximum atomic E-state index is 4.92. The number of hydrogen-bond donors (Lipinski definition) is 0. The molecular weight excluding hydrogens is 645 g/mol. The van der Waals surface area contributed by atoms with Gasteiger partial charge in [-0.3, -0.25) is 4.57 Å². The van der Waals surface area contributed by atoms with E-state index >= 15 is 0 Å². The van der Waals surface area contributed by atoms with Gasteiger partial charge in [0.05, 0.1) is 33.1 Å². The molecule has 244 valence electrons. The second-order valence-corrected chi connectivity index (χ2v) is 14.3. The summed E-state index contributed by atoms with van der Waals surface area (Å²) in [7, 11) is 0. The first-order valence-electron chi connectivity index (χ1n) is 18.2. The highest BCUT2D eigenvalue weighted by atomic mass is 15.1. The second-order valence-electron chi connectivity index (χ2n) is 14.3. The van der Waals surface area contributed by atoms with Crippen LogP contribution in [0.25, 0.3) is 115 Å². The van der Waals surface area contributed by atoms with Gasteiger partial charge in [0, 0.05) is 76.8 Å². The number of benzene rings is 8. The van der Waals surface area contributed by atoms with Crippen LogP contribution in [0.1, 0.15) is 0 Å². The lowest BCUT2D eigenvalue weighted by molar-refractivity contribution is 1.11. The molecule has 0 aliphatic carbocycles. The summed E-state index contributed by atoms with van der Waals surface area (Å²) in [6.45, 7) is 0. The largest absolute Gasteiger partial charge is 0.308 e. The van der Waals surface area contributed by atoms with Gasteiger partial charge in [0.25, 0.3) is 0 Å². The van der Waals surface area contributed by atoms with Crippen LogP contribution in [0.4, 0.5) is 0 Å². The SMILES string of the molecule is c1cc(-n2c3ccccc3c3cccnc32)cc(-n2c3c4ccccc4ccc3c3c4c5cccc6c7ccccc7n(c65)c4c4ccccc4c32)c1. The van der Waals surface area contributed by atoms with E-state index in [1.807, 2.05) is 12.3 Å². The van der Waals surface area contributed by atoms with E-state index in [4.69, 9.17) is 4.98 Å². The number of rotatable bonds is 2. The molecule has 0 atom stereocenters. The molecule has 5 aromatic heterocycles. The number of nitrogens with zero attached hydrogens (tertiary/aromatic N) is 4. The van der Waals surface area contributed by atoms with Gasteiger partial charge in [-0.1, -0.05) is 121 Å². The summed E-state index contributed by atoms with van der Waals surface area (Å²) in [5.41, 5.74) is 10.6. The predicted octanol–water partition coefficient (Wildman–Crippen LogP) is 12.7. The zero-order valence-electron chi connectivity index (χ0n) is 28.5. The zero-order chi connectivity index (χ0) is 34.4. The molecule has 0 aliphatic rings. The topological polar surface area (TPSA) is 27.2 Å². The molecule has 0 amide bonds. The van der Waals surface area contributed by atoms with Crippen LogP contribution in [-0.4, -0.2) is 18.5 Å². The summed E-state index contributed by atoms with van der Waals surface area (Å²) in [6.07, 6.45) is 1.90. The number of fused-ring (bicyclic) bond motifs is 18. The quantitative estimate of drug-likeness (QED) is 0.180. The Labute approximate surface area is 302 Å². The Morgan fingerprint density at radius 1 is 0.340 bits per heavy atom. The third-order valence-electron chi connectivity index (χ3n) is 11.7. The summed E-state index contributed by atoms with van der Waals surface area (Å²) in [5.74, 6) is 0. The molecule has 0 radical (unpaired) electrons. The Morgan fingerprint density at radius 3 is 1.75 bits per heavy atom. The molecule has 0 N–H and O–H groups in total. The molecule has 0 saturated heterocycles. The highest BCUT2D eigenvalue weighted by Gasteiger charge is 2.26. The lowest BCUT2D eigenvalue weighted by Gasteiger charge is -2.14. The van der Waals surface area contributed by atoms with Gasteiger partial charge in [-0.05, 0) is 47.9 Å². The fraction of sp³-hybridized carbons (Fsp3) is 0. The molecule has 8 aromatic carbocycles. The summed E-state index contributed by atoms with van der Waals surface area (Å²) in [6, 6.07) is 60.1. The molecule has 0 fully saturated rings. The molecule has 0 unspecified atom stereocenters. The van der Waals surface area contributed by atoms with Crippen LogP contribution in [0.2, 0.25) is 0 Å². The van der Waals surface area contributed by atoms with Crippen molar-refractivity contribution in [1.29, 1.82) is 0 Å². The molecule has 0 aliphatic heterocycles. The van der Waals surface area contributed by atoms with Crippen molar-refractivity contribution in [2.45, 2.75) is 0 Å². The van der Waals surface area contributed by atoms with Crippen LogP contribution >= 0.6 is 0 Å². The first-order valence-corrected chi connectivity index (χ1v) is 18.2. The van der Waals surface area contributed by atoms with Gasteiger partial charge in [-0.25, -0.2) is 4.98 Å². The normalized spacial score (nSPS) is 12.5. The third kappa shape index (κ3) is 3.34. The van der Waals surface area contributed by atoms with E-state index in [9.17, 15) is 0 Å². The fourth-order valence-corrected chi connectivity index (χ4v) is 9.74. The molecule has 0 bridgehead atoms. The number of aromatic nitrogens is 4. The van der Waals surface area contributed by atoms with Crippen LogP contribution in [0.15, 0.2) is 170 Å². The van der Waals surface area contributed by atoms with Gasteiger partial charge in [0.15, 0.2) is 0 Å². The van der Waals surface area contributed by atoms with Gasteiger partial charge in [-0.2, -0.15) is 0 Å². The molecule has 4 nitrogen and oxygen atoms in total. The van der Waals surface area contributed by atoms with Gasteiger partial charge in [0.2, 0.25) is 0 Å². The Hall–Kier alpha value is -7.17. The van der Waals surface area contributed by atoms with Gasteiger partial charge < -0.3 is 8.97 Å². The minimum absolute atomic E-state index is 0.962. The maximum absolute atomic E-state index is 4.92. The summed E-state index contributed by atoms with van der Waals surface area (Å²) < 4.78 is 7.40. The molecule has 5 heterocycles. The molecular formula is C49H28N4. The summed E-state index contributed by atoms with van der Waals surface area (Å²) >= 11 is 0. The Balaban J connectivity index is 1.27. The summed E-state index contributed by atoms with van der Waals surface area (Å²) in [5, 5.41) is 15.1. The van der Waals surface area contributed by atoms with E-state index in [0.29, 0.717) is 0 Å². The van der Waals surface area contributed by atoms with E-state index in [-0.39, 0.29) is 0 Å². The monoisotopic (exact) mass is 672 g/mol. The van der Waals surface area contributed by atoms with Crippen molar-refractivity contribution in [3.05, 3.63) is 170 Å². The van der Waals surface area contributed by atoms with Crippen LogP contribution < -0.4 is 0 Å². The van der Waals surface area contributed by atoms with Crippen LogP contribution in [-0.2, 0) is 0 Å². The highest BCUT2D eigenvalue weighted by molar-refractivity contribution is 6.40. The first kappa shape index (κ1) is 27.5. The molecule has 13 rings (SSSR count). The third-order valence-corrected chi connectivity index (χ3v) is 11.7. The predicted molar refractivity (Wildman–Crippen MR) is 223 cm³/mol. The maximum Gasteiger partial charge on any atom is 0.145 e. The van der Waals surface area contributed by atoms with Crippen molar-refractivity contribution < 1.29 is 0 Å². The Kier molecular flexibility index (Phi) is 5.08. The lowest BCUT2D eigenvalue weighted by Crippen LogP contribution is -2.00. The van der Waals surface area contributed by atoms with E-state index in [0.717, 1.165) is 27.9 Å². The van der Waals surface area contributed by atoms with E-state index in [1.165, 1.54) is 86.8 Å². The average Bonchev–Trinajstić information content (AvgIpc) is 3.96. The van der Waals surface area contributed by atoms with Crippen LogP contribution in [0.3, 0.4) is 0 Å². The van der Waals surface area contributed by atoms with Crippen LogP contribution in [0, 0.1) is 0 Å². The van der Waals surface area contributed by atoms with Crippen molar-refractivity contribution in [1.82, 2.24) is 18.5 Å². The Bertz CT molecular complexity index is 3640. The first-order chi connectivity index (χ1) is 26.3. The molecule has 0 spiro atoms.